The lowest BCUT2D eigenvalue weighted by atomic mass is 9.94. The van der Waals surface area contributed by atoms with Crippen LogP contribution in [0.1, 0.15) is 27.7 Å². The van der Waals surface area contributed by atoms with Crippen LogP contribution in [-0.4, -0.2) is 74.6 Å². The zero-order valence-corrected chi connectivity index (χ0v) is 22.5. The molecule has 11 nitrogen and oxygen atoms in total. The van der Waals surface area contributed by atoms with Crippen molar-refractivity contribution in [3.05, 3.63) is 62.3 Å². The summed E-state index contributed by atoms with van der Waals surface area (Å²) in [5, 5.41) is 9.26. The van der Waals surface area contributed by atoms with Crippen LogP contribution in [0.5, 0.6) is 0 Å². The minimum Gasteiger partial charge on any atom is -0.462 e. The minimum atomic E-state index is -0.879. The SMILES string of the molecule is C=C(C)C(=O)OCC(C)(CO)COC(=O)C(=C)C.C=CC(=O)OCC(C)(COC(=O)C=C)COC(=O)C=C. The van der Waals surface area contributed by atoms with E-state index >= 15 is 0 Å². The van der Waals surface area contributed by atoms with Gasteiger partial charge in [0.05, 0.1) is 17.4 Å². The van der Waals surface area contributed by atoms with Gasteiger partial charge in [-0.1, -0.05) is 39.8 Å². The van der Waals surface area contributed by atoms with Gasteiger partial charge in [0, 0.05) is 29.4 Å². The van der Waals surface area contributed by atoms with E-state index in [4.69, 9.17) is 23.7 Å². The Hall–Kier alpha value is -3.99. The number of carbonyl (C=O) groups excluding carboxylic acids is 5. The summed E-state index contributed by atoms with van der Waals surface area (Å²) in [6, 6.07) is 0. The Morgan fingerprint density at radius 1 is 0.605 bits per heavy atom. The number of aliphatic hydroxyl groups is 1. The number of hydrogen-bond donors (Lipinski definition) is 1. The normalized spacial score (nSPS) is 10.3. The van der Waals surface area contributed by atoms with Gasteiger partial charge in [0.15, 0.2) is 0 Å². The first kappa shape index (κ1) is 36.2. The van der Waals surface area contributed by atoms with E-state index < -0.39 is 40.7 Å². The van der Waals surface area contributed by atoms with Gasteiger partial charge in [-0.05, 0) is 20.8 Å². The summed E-state index contributed by atoms with van der Waals surface area (Å²) < 4.78 is 24.6. The molecule has 0 amide bonds. The van der Waals surface area contributed by atoms with Gasteiger partial charge in [-0.25, -0.2) is 24.0 Å². The second kappa shape index (κ2) is 18.3. The molecular weight excluding hydrogens is 500 g/mol. The smallest absolute Gasteiger partial charge is 0.333 e. The molecule has 0 unspecified atom stereocenters. The zero-order chi connectivity index (χ0) is 29.9. The average molecular weight is 539 g/mol. The Balaban J connectivity index is 0. The Labute approximate surface area is 223 Å². The van der Waals surface area contributed by atoms with Gasteiger partial charge in [0.1, 0.15) is 33.0 Å². The summed E-state index contributed by atoms with van der Waals surface area (Å²) in [6.45, 7) is 22.3. The van der Waals surface area contributed by atoms with Crippen molar-refractivity contribution >= 4 is 29.8 Å². The van der Waals surface area contributed by atoms with E-state index in [0.717, 1.165) is 18.2 Å². The molecule has 0 saturated carbocycles. The third kappa shape index (κ3) is 16.6. The summed E-state index contributed by atoms with van der Waals surface area (Å²) in [6.07, 6.45) is 3.02. The van der Waals surface area contributed by atoms with Crippen LogP contribution in [0.4, 0.5) is 0 Å². The standard InChI is InChI=1S/C14H18O6.C13H20O5/c1-5-11(15)18-8-14(4,9-19-12(16)6-2)10-20-13(17)7-3;1-9(2)11(15)17-7-13(5,6-14)8-18-12(16)10(3)4/h5-7H,1-3,8-10H2,4H3;14H,1,3,6-8H2,2,4-5H3. The molecule has 0 saturated heterocycles. The third-order valence-electron chi connectivity index (χ3n) is 4.37. The van der Waals surface area contributed by atoms with E-state index in [1.807, 2.05) is 0 Å². The minimum absolute atomic E-state index is 0.0569. The monoisotopic (exact) mass is 538 g/mol. The molecule has 1 N–H and O–H groups in total. The van der Waals surface area contributed by atoms with Crippen molar-refractivity contribution in [1.29, 1.82) is 0 Å². The van der Waals surface area contributed by atoms with Gasteiger partial charge in [-0.3, -0.25) is 0 Å². The Morgan fingerprint density at radius 2 is 0.868 bits per heavy atom. The highest BCUT2D eigenvalue weighted by atomic mass is 16.6. The van der Waals surface area contributed by atoms with Crippen LogP contribution >= 0.6 is 0 Å². The average Bonchev–Trinajstić information content (AvgIpc) is 2.90. The molecule has 0 aliphatic heterocycles. The van der Waals surface area contributed by atoms with Crippen molar-refractivity contribution in [3.63, 3.8) is 0 Å². The highest BCUT2D eigenvalue weighted by Gasteiger charge is 2.30. The predicted molar refractivity (Wildman–Crippen MR) is 138 cm³/mol. The molecule has 212 valence electrons. The van der Waals surface area contributed by atoms with Gasteiger partial charge in [-0.2, -0.15) is 0 Å². The summed E-state index contributed by atoms with van der Waals surface area (Å²) in [5.41, 5.74) is -1.17. The molecule has 0 spiro atoms. The first-order valence-electron chi connectivity index (χ1n) is 11.2. The number of aliphatic hydroxyl groups excluding tert-OH is 1. The van der Waals surface area contributed by atoms with Gasteiger partial charge in [0.2, 0.25) is 0 Å². The molecule has 0 radical (unpaired) electrons. The molecule has 11 heteroatoms. The first-order chi connectivity index (χ1) is 17.6. The van der Waals surface area contributed by atoms with Gasteiger partial charge in [0.25, 0.3) is 0 Å². The molecule has 0 aliphatic carbocycles. The molecule has 0 rings (SSSR count). The number of hydrogen-bond acceptors (Lipinski definition) is 11. The van der Waals surface area contributed by atoms with Crippen LogP contribution in [0.3, 0.4) is 0 Å². The third-order valence-corrected chi connectivity index (χ3v) is 4.37. The van der Waals surface area contributed by atoms with E-state index in [-0.39, 0.29) is 50.8 Å². The van der Waals surface area contributed by atoms with Crippen molar-refractivity contribution < 1.29 is 52.8 Å². The summed E-state index contributed by atoms with van der Waals surface area (Å²) in [4.78, 5) is 55.6. The van der Waals surface area contributed by atoms with Crippen molar-refractivity contribution in [2.75, 3.05) is 39.6 Å². The molecule has 0 aromatic carbocycles. The number of esters is 5. The van der Waals surface area contributed by atoms with E-state index in [1.54, 1.807) is 13.8 Å². The molecule has 38 heavy (non-hydrogen) atoms. The van der Waals surface area contributed by atoms with Gasteiger partial charge in [-0.15, -0.1) is 0 Å². The highest BCUT2D eigenvalue weighted by molar-refractivity contribution is 5.87. The first-order valence-corrected chi connectivity index (χ1v) is 11.2. The van der Waals surface area contributed by atoms with E-state index in [9.17, 15) is 29.1 Å². The maximum atomic E-state index is 11.2. The molecule has 0 fully saturated rings. The van der Waals surface area contributed by atoms with E-state index in [0.29, 0.717) is 0 Å². The topological polar surface area (TPSA) is 152 Å². The van der Waals surface area contributed by atoms with Crippen LogP contribution < -0.4 is 0 Å². The van der Waals surface area contributed by atoms with Gasteiger partial charge < -0.3 is 28.8 Å². The molecule has 0 atom stereocenters. The molecular formula is C27H38O11. The van der Waals surface area contributed by atoms with Crippen molar-refractivity contribution in [3.8, 4) is 0 Å². The molecule has 0 aliphatic rings. The van der Waals surface area contributed by atoms with E-state index in [1.165, 1.54) is 13.8 Å². The van der Waals surface area contributed by atoms with Crippen molar-refractivity contribution in [2.24, 2.45) is 10.8 Å². The van der Waals surface area contributed by atoms with Gasteiger partial charge >= 0.3 is 29.8 Å². The second-order valence-corrected chi connectivity index (χ2v) is 8.93. The molecule has 0 heterocycles. The fraction of sp³-hybridized carbons (Fsp3) is 0.444. The largest absolute Gasteiger partial charge is 0.462 e. The lowest BCUT2D eigenvalue weighted by molar-refractivity contribution is -0.155. The highest BCUT2D eigenvalue weighted by Crippen LogP contribution is 2.19. The van der Waals surface area contributed by atoms with Crippen molar-refractivity contribution in [1.82, 2.24) is 0 Å². The molecule has 0 aromatic rings. The molecule has 0 bridgehead atoms. The summed E-state index contributed by atoms with van der Waals surface area (Å²) in [5.74, 6) is -2.95. The van der Waals surface area contributed by atoms with E-state index in [2.05, 4.69) is 32.9 Å². The lowest BCUT2D eigenvalue weighted by Gasteiger charge is -2.27. The Kier molecular flexibility index (Phi) is 17.4. The van der Waals surface area contributed by atoms with Crippen LogP contribution in [0.25, 0.3) is 0 Å². The summed E-state index contributed by atoms with van der Waals surface area (Å²) in [7, 11) is 0. The maximum Gasteiger partial charge on any atom is 0.333 e. The Bertz CT molecular complexity index is 824. The number of rotatable bonds is 16. The Morgan fingerprint density at radius 3 is 1.08 bits per heavy atom. The van der Waals surface area contributed by atoms with Crippen LogP contribution in [0.2, 0.25) is 0 Å². The number of ether oxygens (including phenoxy) is 5. The fourth-order valence-electron chi connectivity index (χ4n) is 1.90. The predicted octanol–water partition coefficient (Wildman–Crippen LogP) is 2.40. The number of carbonyl (C=O) groups is 5. The quantitative estimate of drug-likeness (QED) is 0.175. The fourth-order valence-corrected chi connectivity index (χ4v) is 1.90. The van der Waals surface area contributed by atoms with Crippen molar-refractivity contribution in [2.45, 2.75) is 27.7 Å². The summed E-state index contributed by atoms with van der Waals surface area (Å²) >= 11 is 0. The second-order valence-electron chi connectivity index (χ2n) is 8.93. The lowest BCUT2D eigenvalue weighted by Crippen LogP contribution is -2.36. The van der Waals surface area contributed by atoms with Crippen LogP contribution in [0.15, 0.2) is 62.3 Å². The van der Waals surface area contributed by atoms with Crippen LogP contribution in [-0.2, 0) is 47.7 Å². The zero-order valence-electron chi connectivity index (χ0n) is 22.5. The maximum absolute atomic E-state index is 11.2. The molecule has 0 aromatic heterocycles. The van der Waals surface area contributed by atoms with Crippen LogP contribution in [0, 0.1) is 10.8 Å².